The van der Waals surface area contributed by atoms with Crippen LogP contribution in [0.3, 0.4) is 0 Å². The van der Waals surface area contributed by atoms with Crippen molar-refractivity contribution < 1.29 is 9.47 Å². The third-order valence-electron chi connectivity index (χ3n) is 6.27. The number of nitrogens with one attached hydrogen (secondary N) is 2. The number of nitrogens with zero attached hydrogens (tertiary/aromatic N) is 2. The maximum Gasteiger partial charge on any atom is 0.191 e. The van der Waals surface area contributed by atoms with E-state index < -0.39 is 0 Å². The van der Waals surface area contributed by atoms with Crippen LogP contribution in [-0.2, 0) is 11.3 Å². The first-order valence-corrected chi connectivity index (χ1v) is 11.5. The quantitative estimate of drug-likeness (QED) is 0.296. The number of benzene rings is 1. The first-order chi connectivity index (χ1) is 14.5. The summed E-state index contributed by atoms with van der Waals surface area (Å²) in [5, 5.41) is 6.96. The van der Waals surface area contributed by atoms with Gasteiger partial charge in [-0.1, -0.05) is 19.1 Å². The van der Waals surface area contributed by atoms with E-state index in [4.69, 9.17) is 9.47 Å². The molecule has 1 aromatic rings. The number of rotatable bonds is 8. The van der Waals surface area contributed by atoms with Gasteiger partial charge in [-0.3, -0.25) is 9.89 Å². The Kier molecular flexibility index (Phi) is 11.4. The standard InChI is InChI=1S/C24H40N4O2.HI/c1-18-7-8-22(23(12-18)30-17-21-9-11-29-16-21)14-27-24(25-4)26-13-20(3)28-10-5-6-19(2)15-28;/h7-8,12,19-21H,5-6,9-11,13-17H2,1-4H3,(H2,25,26,27);1H. The summed E-state index contributed by atoms with van der Waals surface area (Å²) in [5.74, 6) is 3.09. The third kappa shape index (κ3) is 8.42. The van der Waals surface area contributed by atoms with E-state index in [9.17, 15) is 0 Å². The average molecular weight is 545 g/mol. The van der Waals surface area contributed by atoms with Crippen LogP contribution in [0.1, 0.15) is 44.2 Å². The normalized spacial score (nSPS) is 23.2. The van der Waals surface area contributed by atoms with Crippen LogP contribution in [0, 0.1) is 18.8 Å². The molecule has 0 saturated carbocycles. The van der Waals surface area contributed by atoms with Gasteiger partial charge in [-0.2, -0.15) is 0 Å². The highest BCUT2D eigenvalue weighted by Gasteiger charge is 2.21. The van der Waals surface area contributed by atoms with Crippen molar-refractivity contribution in [2.75, 3.05) is 46.5 Å². The van der Waals surface area contributed by atoms with E-state index in [1.807, 2.05) is 7.05 Å². The minimum Gasteiger partial charge on any atom is -0.493 e. The number of hydrogen-bond acceptors (Lipinski definition) is 4. The Morgan fingerprint density at radius 3 is 2.87 bits per heavy atom. The maximum atomic E-state index is 6.17. The fourth-order valence-corrected chi connectivity index (χ4v) is 4.26. The summed E-state index contributed by atoms with van der Waals surface area (Å²) >= 11 is 0. The van der Waals surface area contributed by atoms with Crippen LogP contribution < -0.4 is 15.4 Å². The van der Waals surface area contributed by atoms with Gasteiger partial charge in [0.25, 0.3) is 0 Å². The number of guanidine groups is 1. The van der Waals surface area contributed by atoms with Gasteiger partial charge in [-0.25, -0.2) is 0 Å². The van der Waals surface area contributed by atoms with Crippen molar-refractivity contribution in [3.05, 3.63) is 29.3 Å². The summed E-state index contributed by atoms with van der Waals surface area (Å²) in [5.41, 5.74) is 2.36. The highest BCUT2D eigenvalue weighted by Crippen LogP contribution is 2.23. The lowest BCUT2D eigenvalue weighted by Crippen LogP contribution is -2.48. The van der Waals surface area contributed by atoms with Crippen LogP contribution >= 0.6 is 24.0 Å². The largest absolute Gasteiger partial charge is 0.493 e. The number of piperidine rings is 1. The molecule has 0 amide bonds. The van der Waals surface area contributed by atoms with Crippen molar-refractivity contribution in [3.8, 4) is 5.75 Å². The van der Waals surface area contributed by atoms with E-state index in [1.165, 1.54) is 31.5 Å². The third-order valence-corrected chi connectivity index (χ3v) is 6.27. The Morgan fingerprint density at radius 2 is 2.16 bits per heavy atom. The predicted octanol–water partition coefficient (Wildman–Crippen LogP) is 3.81. The van der Waals surface area contributed by atoms with Gasteiger partial charge in [-0.05, 0) is 57.2 Å². The van der Waals surface area contributed by atoms with E-state index in [-0.39, 0.29) is 24.0 Å². The molecule has 0 bridgehead atoms. The lowest BCUT2D eigenvalue weighted by molar-refractivity contribution is 0.139. The molecule has 6 nitrogen and oxygen atoms in total. The number of aryl methyl sites for hydroxylation is 1. The smallest absolute Gasteiger partial charge is 0.191 e. The Balaban J connectivity index is 0.00000341. The van der Waals surface area contributed by atoms with Crippen molar-refractivity contribution in [1.82, 2.24) is 15.5 Å². The van der Waals surface area contributed by atoms with Crippen LogP contribution in [0.4, 0.5) is 0 Å². The van der Waals surface area contributed by atoms with E-state index in [0.29, 0.717) is 18.5 Å². The molecule has 1 aromatic carbocycles. The van der Waals surface area contributed by atoms with E-state index >= 15 is 0 Å². The van der Waals surface area contributed by atoms with Gasteiger partial charge in [0, 0.05) is 50.8 Å². The lowest BCUT2D eigenvalue weighted by atomic mass is 9.99. The molecule has 0 radical (unpaired) electrons. The van der Waals surface area contributed by atoms with Gasteiger partial charge in [0.15, 0.2) is 5.96 Å². The molecule has 2 heterocycles. The molecular weight excluding hydrogens is 503 g/mol. The molecule has 2 N–H and O–H groups in total. The molecule has 2 aliphatic heterocycles. The number of likely N-dealkylation sites (tertiary alicyclic amines) is 1. The highest BCUT2D eigenvalue weighted by molar-refractivity contribution is 14.0. The Hall–Kier alpha value is -1.06. The fraction of sp³-hybridized carbons (Fsp3) is 0.708. The van der Waals surface area contributed by atoms with Gasteiger partial charge in [0.05, 0.1) is 13.2 Å². The molecule has 2 saturated heterocycles. The molecule has 2 fully saturated rings. The molecule has 3 rings (SSSR count). The summed E-state index contributed by atoms with van der Waals surface area (Å²) in [6, 6.07) is 6.91. The molecule has 176 valence electrons. The summed E-state index contributed by atoms with van der Waals surface area (Å²) in [6.07, 6.45) is 3.75. The van der Waals surface area contributed by atoms with Crippen molar-refractivity contribution >= 4 is 29.9 Å². The van der Waals surface area contributed by atoms with E-state index in [0.717, 1.165) is 56.0 Å². The van der Waals surface area contributed by atoms with Crippen LogP contribution in [-0.4, -0.2) is 63.4 Å². The number of ether oxygens (including phenoxy) is 2. The molecule has 3 unspecified atom stereocenters. The lowest BCUT2D eigenvalue weighted by Gasteiger charge is -2.35. The Labute approximate surface area is 205 Å². The predicted molar refractivity (Wildman–Crippen MR) is 139 cm³/mol. The first-order valence-electron chi connectivity index (χ1n) is 11.5. The van der Waals surface area contributed by atoms with Crippen LogP contribution in [0.2, 0.25) is 0 Å². The summed E-state index contributed by atoms with van der Waals surface area (Å²) in [7, 11) is 1.83. The van der Waals surface area contributed by atoms with Gasteiger partial charge in [0.2, 0.25) is 0 Å². The fourth-order valence-electron chi connectivity index (χ4n) is 4.26. The molecule has 0 spiro atoms. The monoisotopic (exact) mass is 544 g/mol. The number of halogens is 1. The zero-order valence-electron chi connectivity index (χ0n) is 19.7. The van der Waals surface area contributed by atoms with Crippen LogP contribution in [0.15, 0.2) is 23.2 Å². The number of aliphatic imine (C=N–C) groups is 1. The molecular formula is C24H41IN4O2. The van der Waals surface area contributed by atoms with Crippen molar-refractivity contribution in [2.24, 2.45) is 16.8 Å². The molecule has 31 heavy (non-hydrogen) atoms. The zero-order valence-corrected chi connectivity index (χ0v) is 22.0. The molecule has 3 atom stereocenters. The second-order valence-electron chi connectivity index (χ2n) is 9.05. The molecule has 7 heteroatoms. The zero-order chi connectivity index (χ0) is 21.3. The van der Waals surface area contributed by atoms with Gasteiger partial charge < -0.3 is 20.1 Å². The maximum absolute atomic E-state index is 6.17. The van der Waals surface area contributed by atoms with Gasteiger partial charge >= 0.3 is 0 Å². The molecule has 2 aliphatic rings. The second-order valence-corrected chi connectivity index (χ2v) is 9.05. The average Bonchev–Trinajstić information content (AvgIpc) is 3.27. The van der Waals surface area contributed by atoms with Crippen molar-refractivity contribution in [2.45, 2.75) is 52.6 Å². The van der Waals surface area contributed by atoms with Crippen LogP contribution in [0.5, 0.6) is 5.75 Å². The van der Waals surface area contributed by atoms with E-state index in [2.05, 4.69) is 59.5 Å². The summed E-state index contributed by atoms with van der Waals surface area (Å²) in [6.45, 7) is 13.1. The Bertz CT molecular complexity index is 694. The summed E-state index contributed by atoms with van der Waals surface area (Å²) in [4.78, 5) is 7.00. The molecule has 0 aromatic heterocycles. The molecule has 0 aliphatic carbocycles. The van der Waals surface area contributed by atoms with Crippen molar-refractivity contribution in [3.63, 3.8) is 0 Å². The van der Waals surface area contributed by atoms with Gasteiger partial charge in [-0.15, -0.1) is 24.0 Å². The first kappa shape index (κ1) is 26.2. The van der Waals surface area contributed by atoms with E-state index in [1.54, 1.807) is 0 Å². The topological polar surface area (TPSA) is 58.1 Å². The summed E-state index contributed by atoms with van der Waals surface area (Å²) < 4.78 is 11.6. The SMILES string of the molecule is CN=C(NCc1ccc(C)cc1OCC1CCOC1)NCC(C)N1CCCC(C)C1.I. The number of hydrogen-bond donors (Lipinski definition) is 2. The van der Waals surface area contributed by atoms with Crippen LogP contribution in [0.25, 0.3) is 0 Å². The minimum atomic E-state index is 0. The minimum absolute atomic E-state index is 0. The van der Waals surface area contributed by atoms with Gasteiger partial charge in [0.1, 0.15) is 5.75 Å². The Morgan fingerprint density at radius 1 is 1.32 bits per heavy atom. The second kappa shape index (κ2) is 13.5. The highest BCUT2D eigenvalue weighted by atomic mass is 127. The van der Waals surface area contributed by atoms with Crippen molar-refractivity contribution in [1.29, 1.82) is 0 Å².